The molecule has 0 aliphatic heterocycles. The van der Waals surface area contributed by atoms with Crippen LogP contribution in [0.15, 0.2) is 0 Å². The van der Waals surface area contributed by atoms with Gasteiger partial charge in [-0.05, 0) is 36.2 Å². The Labute approximate surface area is 121 Å². The van der Waals surface area contributed by atoms with Crippen LogP contribution >= 0.6 is 0 Å². The van der Waals surface area contributed by atoms with E-state index in [2.05, 4.69) is 41.6 Å². The minimum Gasteiger partial charge on any atom is -0.382 e. The quantitative estimate of drug-likeness (QED) is 0.612. The van der Waals surface area contributed by atoms with Crippen LogP contribution in [-0.2, 0) is 16.0 Å². The molecule has 1 heterocycles. The molecule has 1 N–H and O–H groups in total. The molecule has 1 aromatic heterocycles. The maximum atomic E-state index is 5.43. The van der Waals surface area contributed by atoms with Crippen molar-refractivity contribution in [1.29, 1.82) is 0 Å². The van der Waals surface area contributed by atoms with E-state index in [0.717, 1.165) is 25.3 Å². The van der Waals surface area contributed by atoms with E-state index in [-0.39, 0.29) is 6.04 Å². The lowest BCUT2D eigenvalue weighted by molar-refractivity contribution is 0.0675. The molecule has 0 spiro atoms. The van der Waals surface area contributed by atoms with Crippen LogP contribution in [0.3, 0.4) is 0 Å². The van der Waals surface area contributed by atoms with Crippen molar-refractivity contribution in [3.63, 3.8) is 0 Å². The molecule has 1 rings (SSSR count). The Morgan fingerprint density at radius 1 is 1.20 bits per heavy atom. The van der Waals surface area contributed by atoms with Crippen LogP contribution in [0.2, 0.25) is 0 Å². The summed E-state index contributed by atoms with van der Waals surface area (Å²) in [5, 5.41) is 15.3. The largest absolute Gasteiger partial charge is 0.382 e. The second kappa shape index (κ2) is 9.79. The summed E-state index contributed by atoms with van der Waals surface area (Å²) in [4.78, 5) is 0. The predicted molar refractivity (Wildman–Crippen MR) is 76.4 cm³/mol. The maximum Gasteiger partial charge on any atom is 0.167 e. The van der Waals surface area contributed by atoms with Gasteiger partial charge in [-0.25, -0.2) is 4.68 Å². The van der Waals surface area contributed by atoms with Gasteiger partial charge in [-0.3, -0.25) is 0 Å². The highest BCUT2D eigenvalue weighted by molar-refractivity contribution is 4.89. The number of methoxy groups -OCH3 is 1. The molecular weight excluding hydrogens is 258 g/mol. The van der Waals surface area contributed by atoms with Gasteiger partial charge in [0.2, 0.25) is 0 Å². The van der Waals surface area contributed by atoms with Crippen LogP contribution in [0, 0.1) is 5.92 Å². The van der Waals surface area contributed by atoms with Gasteiger partial charge in [0.1, 0.15) is 0 Å². The lowest BCUT2D eigenvalue weighted by Gasteiger charge is -2.15. The topological polar surface area (TPSA) is 74.1 Å². The van der Waals surface area contributed by atoms with Crippen molar-refractivity contribution in [2.24, 2.45) is 5.92 Å². The molecular formula is C13H27N5O2. The molecule has 0 saturated carbocycles. The van der Waals surface area contributed by atoms with E-state index in [1.807, 2.05) is 4.68 Å². The van der Waals surface area contributed by atoms with Gasteiger partial charge >= 0.3 is 0 Å². The van der Waals surface area contributed by atoms with Crippen molar-refractivity contribution in [3.05, 3.63) is 5.82 Å². The zero-order valence-electron chi connectivity index (χ0n) is 13.0. The average Bonchev–Trinajstić information content (AvgIpc) is 2.88. The highest BCUT2D eigenvalue weighted by atomic mass is 16.5. The molecule has 20 heavy (non-hydrogen) atoms. The zero-order valence-corrected chi connectivity index (χ0v) is 13.0. The molecule has 0 fully saturated rings. The van der Waals surface area contributed by atoms with E-state index in [0.29, 0.717) is 25.7 Å². The predicted octanol–water partition coefficient (Wildman–Crippen LogP) is 1.03. The van der Waals surface area contributed by atoms with E-state index in [1.54, 1.807) is 7.11 Å². The molecule has 0 bridgehead atoms. The molecule has 7 heteroatoms. The number of aryl methyl sites for hydroxylation is 1. The number of ether oxygens (including phenoxy) is 2. The smallest absolute Gasteiger partial charge is 0.167 e. The summed E-state index contributed by atoms with van der Waals surface area (Å²) < 4.78 is 12.2. The number of aromatic nitrogens is 4. The summed E-state index contributed by atoms with van der Waals surface area (Å²) in [7, 11) is 1.67. The number of rotatable bonds is 11. The second-order valence-electron chi connectivity index (χ2n) is 5.24. The Hall–Kier alpha value is -1.05. The average molecular weight is 285 g/mol. The Morgan fingerprint density at radius 2 is 2.00 bits per heavy atom. The Kier molecular flexibility index (Phi) is 8.32. The summed E-state index contributed by atoms with van der Waals surface area (Å²) in [5.74, 6) is 1.48. The molecule has 0 radical (unpaired) electrons. The Morgan fingerprint density at radius 3 is 2.70 bits per heavy atom. The lowest BCUT2D eigenvalue weighted by Crippen LogP contribution is -2.26. The van der Waals surface area contributed by atoms with Gasteiger partial charge in [0.05, 0.1) is 19.3 Å². The summed E-state index contributed by atoms with van der Waals surface area (Å²) in [6.45, 7) is 10.1. The zero-order chi connectivity index (χ0) is 14.8. The van der Waals surface area contributed by atoms with Gasteiger partial charge in [-0.2, -0.15) is 0 Å². The van der Waals surface area contributed by atoms with Crippen LogP contribution in [-0.4, -0.2) is 53.7 Å². The van der Waals surface area contributed by atoms with E-state index in [1.165, 1.54) is 0 Å². The number of tetrazole rings is 1. The minimum atomic E-state index is 0.154. The molecule has 1 unspecified atom stereocenters. The molecule has 0 amide bonds. The van der Waals surface area contributed by atoms with Crippen LogP contribution in [0.1, 0.15) is 39.1 Å². The highest BCUT2D eigenvalue weighted by Crippen LogP contribution is 2.08. The van der Waals surface area contributed by atoms with Crippen LogP contribution in [0.25, 0.3) is 0 Å². The third kappa shape index (κ3) is 6.40. The first-order chi connectivity index (χ1) is 9.65. The van der Waals surface area contributed by atoms with Gasteiger partial charge in [-0.1, -0.05) is 13.8 Å². The first-order valence-corrected chi connectivity index (χ1v) is 7.21. The molecule has 1 atom stereocenters. The summed E-state index contributed by atoms with van der Waals surface area (Å²) in [6, 6.07) is 0.154. The summed E-state index contributed by atoms with van der Waals surface area (Å²) in [5.41, 5.74) is 0. The fourth-order valence-electron chi connectivity index (χ4n) is 1.75. The van der Waals surface area contributed by atoms with Crippen molar-refractivity contribution >= 4 is 0 Å². The lowest BCUT2D eigenvalue weighted by atomic mass is 10.2. The first kappa shape index (κ1) is 17.0. The van der Waals surface area contributed by atoms with E-state index >= 15 is 0 Å². The molecule has 0 aromatic carbocycles. The van der Waals surface area contributed by atoms with Crippen LogP contribution in [0.4, 0.5) is 0 Å². The van der Waals surface area contributed by atoms with Gasteiger partial charge in [0.25, 0.3) is 0 Å². The Balaban J connectivity index is 2.30. The third-order valence-electron chi connectivity index (χ3n) is 2.87. The first-order valence-electron chi connectivity index (χ1n) is 7.21. The van der Waals surface area contributed by atoms with Crippen molar-refractivity contribution < 1.29 is 9.47 Å². The van der Waals surface area contributed by atoms with Crippen LogP contribution < -0.4 is 5.32 Å². The van der Waals surface area contributed by atoms with Crippen molar-refractivity contribution in [2.75, 3.05) is 33.5 Å². The van der Waals surface area contributed by atoms with Crippen molar-refractivity contribution in [1.82, 2.24) is 25.5 Å². The number of hydrogen-bond acceptors (Lipinski definition) is 6. The van der Waals surface area contributed by atoms with Crippen molar-refractivity contribution in [2.45, 2.75) is 39.8 Å². The summed E-state index contributed by atoms with van der Waals surface area (Å²) in [6.07, 6.45) is 0.888. The fourth-order valence-corrected chi connectivity index (χ4v) is 1.75. The highest BCUT2D eigenvalue weighted by Gasteiger charge is 2.13. The molecule has 0 aliphatic carbocycles. The normalized spacial score (nSPS) is 13.1. The SMILES string of the molecule is COCCOCCCn1nnnc1C(C)NCC(C)C. The Bertz CT molecular complexity index is 356. The van der Waals surface area contributed by atoms with Gasteiger partial charge in [-0.15, -0.1) is 5.10 Å². The van der Waals surface area contributed by atoms with E-state index < -0.39 is 0 Å². The molecule has 0 aliphatic rings. The van der Waals surface area contributed by atoms with E-state index in [4.69, 9.17) is 9.47 Å². The van der Waals surface area contributed by atoms with Gasteiger partial charge < -0.3 is 14.8 Å². The fraction of sp³-hybridized carbons (Fsp3) is 0.923. The van der Waals surface area contributed by atoms with Crippen LogP contribution in [0.5, 0.6) is 0 Å². The molecule has 0 saturated heterocycles. The molecule has 1 aromatic rings. The van der Waals surface area contributed by atoms with Gasteiger partial charge in [0.15, 0.2) is 5.82 Å². The number of hydrogen-bond donors (Lipinski definition) is 1. The van der Waals surface area contributed by atoms with E-state index in [9.17, 15) is 0 Å². The maximum absolute atomic E-state index is 5.43. The van der Waals surface area contributed by atoms with Crippen molar-refractivity contribution in [3.8, 4) is 0 Å². The third-order valence-corrected chi connectivity index (χ3v) is 2.87. The second-order valence-corrected chi connectivity index (χ2v) is 5.24. The van der Waals surface area contributed by atoms with Gasteiger partial charge in [0, 0.05) is 20.3 Å². The standard InChI is InChI=1S/C13H27N5O2/c1-11(2)10-14-12(3)13-15-16-17-18(13)6-5-7-20-9-8-19-4/h11-12,14H,5-10H2,1-4H3. The minimum absolute atomic E-state index is 0.154. The molecule has 7 nitrogen and oxygen atoms in total. The summed E-state index contributed by atoms with van der Waals surface area (Å²) >= 11 is 0. The number of nitrogens with one attached hydrogen (secondary N) is 1. The molecule has 116 valence electrons. The monoisotopic (exact) mass is 285 g/mol. The number of nitrogens with zero attached hydrogens (tertiary/aromatic N) is 4.